The van der Waals surface area contributed by atoms with Crippen molar-refractivity contribution in [3.8, 4) is 0 Å². The van der Waals surface area contributed by atoms with Gasteiger partial charge in [0.05, 0.1) is 5.52 Å². The molecule has 0 unspecified atom stereocenters. The van der Waals surface area contributed by atoms with Gasteiger partial charge in [-0.05, 0) is 26.3 Å². The van der Waals surface area contributed by atoms with Crippen molar-refractivity contribution in [1.82, 2.24) is 14.8 Å². The SMILES string of the molecule is CCCn1nc2c(N)nc3ccccc3c2c1CC(C)(C)N. The van der Waals surface area contributed by atoms with E-state index in [2.05, 4.69) is 18.0 Å². The second-order valence-electron chi connectivity index (χ2n) is 6.57. The van der Waals surface area contributed by atoms with E-state index in [1.807, 2.05) is 36.7 Å². The summed E-state index contributed by atoms with van der Waals surface area (Å²) < 4.78 is 2.05. The topological polar surface area (TPSA) is 82.8 Å². The summed E-state index contributed by atoms with van der Waals surface area (Å²) in [7, 11) is 0. The van der Waals surface area contributed by atoms with E-state index in [0.717, 1.165) is 46.9 Å². The lowest BCUT2D eigenvalue weighted by Gasteiger charge is -2.19. The van der Waals surface area contributed by atoms with Crippen molar-refractivity contribution in [1.29, 1.82) is 0 Å². The number of para-hydroxylation sites is 1. The summed E-state index contributed by atoms with van der Waals surface area (Å²) in [4.78, 5) is 4.49. The van der Waals surface area contributed by atoms with Gasteiger partial charge in [-0.25, -0.2) is 4.98 Å². The fourth-order valence-corrected chi connectivity index (χ4v) is 2.93. The number of hydrogen-bond acceptors (Lipinski definition) is 4. The third-order valence-electron chi connectivity index (χ3n) is 3.77. The van der Waals surface area contributed by atoms with Gasteiger partial charge in [0, 0.05) is 35.0 Å². The van der Waals surface area contributed by atoms with Crippen LogP contribution in [0.1, 0.15) is 32.9 Å². The molecule has 3 rings (SSSR count). The highest BCUT2D eigenvalue weighted by Gasteiger charge is 2.22. The molecular weight excluding hydrogens is 274 g/mol. The van der Waals surface area contributed by atoms with E-state index in [0.29, 0.717) is 5.82 Å². The van der Waals surface area contributed by atoms with E-state index in [4.69, 9.17) is 16.6 Å². The van der Waals surface area contributed by atoms with Crippen LogP contribution < -0.4 is 11.5 Å². The Balaban J connectivity index is 2.39. The number of aryl methyl sites for hydroxylation is 1. The number of nitrogen functional groups attached to an aromatic ring is 1. The van der Waals surface area contributed by atoms with Crippen LogP contribution in [0.4, 0.5) is 5.82 Å². The summed E-state index contributed by atoms with van der Waals surface area (Å²) in [5, 5.41) is 6.89. The highest BCUT2D eigenvalue weighted by atomic mass is 15.3. The molecule has 2 heterocycles. The average Bonchev–Trinajstić information content (AvgIpc) is 2.77. The quantitative estimate of drug-likeness (QED) is 0.775. The van der Waals surface area contributed by atoms with Crippen LogP contribution in [0, 0.1) is 0 Å². The molecule has 5 heteroatoms. The summed E-state index contributed by atoms with van der Waals surface area (Å²) in [6.07, 6.45) is 1.76. The van der Waals surface area contributed by atoms with Gasteiger partial charge in [0.1, 0.15) is 5.52 Å². The van der Waals surface area contributed by atoms with E-state index < -0.39 is 0 Å². The second kappa shape index (κ2) is 5.25. The molecule has 0 bridgehead atoms. The first kappa shape index (κ1) is 14.8. The third-order valence-corrected chi connectivity index (χ3v) is 3.77. The van der Waals surface area contributed by atoms with Crippen LogP contribution in [0.5, 0.6) is 0 Å². The maximum absolute atomic E-state index is 6.28. The molecule has 116 valence electrons. The molecule has 22 heavy (non-hydrogen) atoms. The lowest BCUT2D eigenvalue weighted by atomic mass is 9.96. The number of rotatable bonds is 4. The van der Waals surface area contributed by atoms with E-state index >= 15 is 0 Å². The molecule has 0 aliphatic carbocycles. The monoisotopic (exact) mass is 297 g/mol. The lowest BCUT2D eigenvalue weighted by Crippen LogP contribution is -2.35. The molecule has 0 amide bonds. The Labute approximate surface area is 130 Å². The fraction of sp³-hybridized carbons (Fsp3) is 0.412. The molecule has 0 saturated carbocycles. The van der Waals surface area contributed by atoms with E-state index in [9.17, 15) is 0 Å². The minimum atomic E-state index is -0.308. The average molecular weight is 297 g/mol. The number of nitrogens with two attached hydrogens (primary N) is 2. The summed E-state index contributed by atoms with van der Waals surface area (Å²) in [6.45, 7) is 7.07. The maximum Gasteiger partial charge on any atom is 0.152 e. The molecule has 3 aromatic rings. The molecule has 2 aromatic heterocycles. The number of benzene rings is 1. The highest BCUT2D eigenvalue weighted by Crippen LogP contribution is 2.31. The van der Waals surface area contributed by atoms with Crippen molar-refractivity contribution in [2.45, 2.75) is 45.7 Å². The van der Waals surface area contributed by atoms with Gasteiger partial charge in [0.15, 0.2) is 5.82 Å². The molecule has 1 aromatic carbocycles. The Morgan fingerprint density at radius 2 is 1.95 bits per heavy atom. The van der Waals surface area contributed by atoms with Crippen LogP contribution in [0.25, 0.3) is 21.8 Å². The van der Waals surface area contributed by atoms with Crippen LogP contribution in [0.3, 0.4) is 0 Å². The van der Waals surface area contributed by atoms with E-state index in [1.165, 1.54) is 0 Å². The third kappa shape index (κ3) is 2.52. The van der Waals surface area contributed by atoms with Gasteiger partial charge in [0.25, 0.3) is 0 Å². The first-order valence-electron chi connectivity index (χ1n) is 7.73. The van der Waals surface area contributed by atoms with Crippen molar-refractivity contribution in [2.24, 2.45) is 5.73 Å². The van der Waals surface area contributed by atoms with Gasteiger partial charge in [-0.2, -0.15) is 5.10 Å². The number of nitrogens with zero attached hydrogens (tertiary/aromatic N) is 3. The number of anilines is 1. The van der Waals surface area contributed by atoms with Crippen LogP contribution in [-0.2, 0) is 13.0 Å². The predicted octanol–water partition coefficient (Wildman–Crippen LogP) is 2.86. The van der Waals surface area contributed by atoms with Gasteiger partial charge < -0.3 is 11.5 Å². The Kier molecular flexibility index (Phi) is 3.53. The number of hydrogen-bond donors (Lipinski definition) is 2. The number of aromatic nitrogens is 3. The molecule has 0 fully saturated rings. The van der Waals surface area contributed by atoms with Gasteiger partial charge in [-0.15, -0.1) is 0 Å². The Morgan fingerprint density at radius 3 is 2.64 bits per heavy atom. The molecule has 0 aliphatic rings. The zero-order valence-electron chi connectivity index (χ0n) is 13.4. The smallest absolute Gasteiger partial charge is 0.152 e. The molecule has 0 spiro atoms. The normalized spacial score (nSPS) is 12.4. The Morgan fingerprint density at radius 1 is 1.23 bits per heavy atom. The van der Waals surface area contributed by atoms with Crippen LogP contribution in [-0.4, -0.2) is 20.3 Å². The van der Waals surface area contributed by atoms with Crippen LogP contribution in [0.2, 0.25) is 0 Å². The molecule has 4 N–H and O–H groups in total. The largest absolute Gasteiger partial charge is 0.382 e. The standard InChI is InChI=1S/C17H23N5/c1-4-9-22-13(10-17(2,3)19)14-11-7-5-6-8-12(11)20-16(18)15(14)21-22/h5-8H,4,9-10,19H2,1-3H3,(H2,18,20). The summed E-state index contributed by atoms with van der Waals surface area (Å²) in [5.74, 6) is 0.486. The minimum Gasteiger partial charge on any atom is -0.382 e. The second-order valence-corrected chi connectivity index (χ2v) is 6.57. The van der Waals surface area contributed by atoms with Crippen LogP contribution in [0.15, 0.2) is 24.3 Å². The summed E-state index contributed by atoms with van der Waals surface area (Å²) >= 11 is 0. The van der Waals surface area contributed by atoms with E-state index in [1.54, 1.807) is 0 Å². The molecule has 0 saturated heterocycles. The molecule has 0 aliphatic heterocycles. The highest BCUT2D eigenvalue weighted by molar-refractivity contribution is 6.09. The molecule has 0 atom stereocenters. The van der Waals surface area contributed by atoms with Gasteiger partial charge in [-0.3, -0.25) is 4.68 Å². The van der Waals surface area contributed by atoms with Crippen LogP contribution >= 0.6 is 0 Å². The maximum atomic E-state index is 6.28. The van der Waals surface area contributed by atoms with Gasteiger partial charge in [0.2, 0.25) is 0 Å². The Hall–Kier alpha value is -2.14. The first-order chi connectivity index (χ1) is 10.4. The van der Waals surface area contributed by atoms with Gasteiger partial charge >= 0.3 is 0 Å². The fourth-order valence-electron chi connectivity index (χ4n) is 2.93. The number of fused-ring (bicyclic) bond motifs is 3. The lowest BCUT2D eigenvalue weighted by molar-refractivity contribution is 0.480. The first-order valence-corrected chi connectivity index (χ1v) is 7.73. The summed E-state index contributed by atoms with van der Waals surface area (Å²) in [5.41, 5.74) is 14.9. The minimum absolute atomic E-state index is 0.308. The number of pyridine rings is 1. The molecule has 5 nitrogen and oxygen atoms in total. The summed E-state index contributed by atoms with van der Waals surface area (Å²) in [6, 6.07) is 8.06. The van der Waals surface area contributed by atoms with Crippen molar-refractivity contribution in [3.05, 3.63) is 30.0 Å². The predicted molar refractivity (Wildman–Crippen MR) is 91.7 cm³/mol. The van der Waals surface area contributed by atoms with E-state index in [-0.39, 0.29) is 5.54 Å². The van der Waals surface area contributed by atoms with Crippen molar-refractivity contribution in [3.63, 3.8) is 0 Å². The van der Waals surface area contributed by atoms with Crippen molar-refractivity contribution < 1.29 is 0 Å². The zero-order chi connectivity index (χ0) is 15.9. The Bertz CT molecular complexity index is 826. The van der Waals surface area contributed by atoms with Gasteiger partial charge in [-0.1, -0.05) is 25.1 Å². The van der Waals surface area contributed by atoms with Crippen molar-refractivity contribution >= 4 is 27.6 Å². The molecular formula is C17H23N5. The zero-order valence-corrected chi connectivity index (χ0v) is 13.4. The molecule has 0 radical (unpaired) electrons. The van der Waals surface area contributed by atoms with Crippen molar-refractivity contribution in [2.75, 3.05) is 5.73 Å².